The summed E-state index contributed by atoms with van der Waals surface area (Å²) in [6.07, 6.45) is -4.90. The standard InChI is InChI=1S/C16H12F3NO4/c1-9-8-10(15(21)24-2)6-7-11(9)12-4-3-5-13(20(22)23)14(12)16(17,18)19/h3-8H,1-2H3. The molecule has 0 aromatic heterocycles. The number of esters is 1. The van der Waals surface area contributed by atoms with E-state index >= 15 is 0 Å². The first kappa shape index (κ1) is 17.5. The molecule has 0 atom stereocenters. The average molecular weight is 339 g/mol. The molecule has 0 amide bonds. The second-order valence-corrected chi connectivity index (χ2v) is 4.98. The summed E-state index contributed by atoms with van der Waals surface area (Å²) in [6, 6.07) is 7.17. The Morgan fingerprint density at radius 2 is 1.83 bits per heavy atom. The number of nitro groups is 1. The summed E-state index contributed by atoms with van der Waals surface area (Å²) in [7, 11) is 1.19. The number of rotatable bonds is 3. The minimum absolute atomic E-state index is 0.152. The third-order valence-corrected chi connectivity index (χ3v) is 3.46. The van der Waals surface area contributed by atoms with Crippen molar-refractivity contribution < 1.29 is 27.6 Å². The van der Waals surface area contributed by atoms with Crippen LogP contribution in [0.3, 0.4) is 0 Å². The van der Waals surface area contributed by atoms with Crippen molar-refractivity contribution in [2.45, 2.75) is 13.1 Å². The van der Waals surface area contributed by atoms with E-state index in [-0.39, 0.29) is 16.7 Å². The van der Waals surface area contributed by atoms with Crippen LogP contribution in [0.4, 0.5) is 18.9 Å². The molecule has 0 saturated carbocycles. The molecule has 0 aliphatic heterocycles. The van der Waals surface area contributed by atoms with Gasteiger partial charge in [0.25, 0.3) is 5.69 Å². The number of benzene rings is 2. The lowest BCUT2D eigenvalue weighted by Crippen LogP contribution is -2.11. The zero-order valence-corrected chi connectivity index (χ0v) is 12.7. The van der Waals surface area contributed by atoms with Gasteiger partial charge in [0.1, 0.15) is 5.56 Å². The largest absolute Gasteiger partial charge is 0.465 e. The third kappa shape index (κ3) is 3.22. The number of ether oxygens (including phenoxy) is 1. The van der Waals surface area contributed by atoms with Gasteiger partial charge in [-0.2, -0.15) is 13.2 Å². The second-order valence-electron chi connectivity index (χ2n) is 4.98. The molecule has 2 aromatic rings. The van der Waals surface area contributed by atoms with Crippen molar-refractivity contribution in [2.75, 3.05) is 7.11 Å². The molecule has 0 fully saturated rings. The Morgan fingerprint density at radius 3 is 2.33 bits per heavy atom. The van der Waals surface area contributed by atoms with E-state index in [0.29, 0.717) is 5.56 Å². The number of aryl methyl sites for hydroxylation is 1. The van der Waals surface area contributed by atoms with Crippen LogP contribution in [-0.4, -0.2) is 18.0 Å². The van der Waals surface area contributed by atoms with Gasteiger partial charge in [0.2, 0.25) is 0 Å². The maximum atomic E-state index is 13.4. The molecular formula is C16H12F3NO4. The number of nitro benzene ring substituents is 1. The summed E-state index contributed by atoms with van der Waals surface area (Å²) in [5, 5.41) is 11.0. The highest BCUT2D eigenvalue weighted by molar-refractivity contribution is 5.90. The lowest BCUT2D eigenvalue weighted by atomic mass is 9.93. The predicted molar refractivity (Wildman–Crippen MR) is 79.6 cm³/mol. The Hall–Kier alpha value is -2.90. The summed E-state index contributed by atoms with van der Waals surface area (Å²) in [4.78, 5) is 21.4. The molecule has 8 heteroatoms. The normalized spacial score (nSPS) is 11.2. The fourth-order valence-electron chi connectivity index (χ4n) is 2.43. The van der Waals surface area contributed by atoms with Crippen LogP contribution in [0, 0.1) is 17.0 Å². The Kier molecular flexibility index (Phi) is 4.59. The van der Waals surface area contributed by atoms with Gasteiger partial charge in [-0.1, -0.05) is 18.2 Å². The summed E-state index contributed by atoms with van der Waals surface area (Å²) in [5.41, 5.74) is -1.95. The van der Waals surface area contributed by atoms with E-state index < -0.39 is 28.3 Å². The van der Waals surface area contributed by atoms with Crippen molar-refractivity contribution in [2.24, 2.45) is 0 Å². The number of alkyl halides is 3. The van der Waals surface area contributed by atoms with E-state index in [2.05, 4.69) is 4.74 Å². The van der Waals surface area contributed by atoms with E-state index in [0.717, 1.165) is 12.1 Å². The van der Waals surface area contributed by atoms with Crippen LogP contribution in [0.1, 0.15) is 21.5 Å². The number of methoxy groups -OCH3 is 1. The molecule has 0 bridgehead atoms. The highest BCUT2D eigenvalue weighted by Crippen LogP contribution is 2.43. The fraction of sp³-hybridized carbons (Fsp3) is 0.188. The molecule has 0 aliphatic carbocycles. The first-order valence-corrected chi connectivity index (χ1v) is 6.70. The number of nitrogens with zero attached hydrogens (tertiary/aromatic N) is 1. The zero-order chi connectivity index (χ0) is 18.1. The first-order valence-electron chi connectivity index (χ1n) is 6.70. The maximum absolute atomic E-state index is 13.4. The fourth-order valence-corrected chi connectivity index (χ4v) is 2.43. The topological polar surface area (TPSA) is 69.4 Å². The van der Waals surface area contributed by atoms with Crippen molar-refractivity contribution in [3.05, 3.63) is 63.2 Å². The van der Waals surface area contributed by atoms with E-state index in [9.17, 15) is 28.1 Å². The van der Waals surface area contributed by atoms with Crippen LogP contribution in [-0.2, 0) is 10.9 Å². The number of halogens is 3. The van der Waals surface area contributed by atoms with Crippen LogP contribution in [0.25, 0.3) is 11.1 Å². The molecule has 2 aromatic carbocycles. The minimum Gasteiger partial charge on any atom is -0.465 e. The Balaban J connectivity index is 2.72. The van der Waals surface area contributed by atoms with Gasteiger partial charge < -0.3 is 4.74 Å². The van der Waals surface area contributed by atoms with E-state index in [1.165, 1.54) is 38.3 Å². The van der Waals surface area contributed by atoms with Crippen molar-refractivity contribution in [1.82, 2.24) is 0 Å². The lowest BCUT2D eigenvalue weighted by Gasteiger charge is -2.15. The summed E-state index contributed by atoms with van der Waals surface area (Å²) < 4.78 is 44.7. The van der Waals surface area contributed by atoms with Crippen LogP contribution < -0.4 is 0 Å². The molecular weight excluding hydrogens is 327 g/mol. The van der Waals surface area contributed by atoms with Gasteiger partial charge in [0.15, 0.2) is 0 Å². The van der Waals surface area contributed by atoms with Gasteiger partial charge >= 0.3 is 12.1 Å². The molecule has 126 valence electrons. The monoisotopic (exact) mass is 339 g/mol. The molecule has 5 nitrogen and oxygen atoms in total. The molecule has 0 N–H and O–H groups in total. The Bertz CT molecular complexity index is 815. The van der Waals surface area contributed by atoms with Gasteiger partial charge in [-0.3, -0.25) is 10.1 Å². The van der Waals surface area contributed by atoms with Crippen LogP contribution in [0.5, 0.6) is 0 Å². The highest BCUT2D eigenvalue weighted by Gasteiger charge is 2.41. The average Bonchev–Trinajstić information content (AvgIpc) is 2.52. The van der Waals surface area contributed by atoms with Crippen LogP contribution in [0.2, 0.25) is 0 Å². The molecule has 0 heterocycles. The molecule has 0 spiro atoms. The molecule has 0 saturated heterocycles. The second kappa shape index (κ2) is 6.31. The van der Waals surface area contributed by atoms with Crippen LogP contribution in [0.15, 0.2) is 36.4 Å². The van der Waals surface area contributed by atoms with E-state index in [1.807, 2.05) is 0 Å². The Morgan fingerprint density at radius 1 is 1.17 bits per heavy atom. The van der Waals surface area contributed by atoms with Gasteiger partial charge in [-0.15, -0.1) is 0 Å². The van der Waals surface area contributed by atoms with Gasteiger partial charge in [0.05, 0.1) is 17.6 Å². The van der Waals surface area contributed by atoms with Crippen molar-refractivity contribution >= 4 is 11.7 Å². The summed E-state index contributed by atoms with van der Waals surface area (Å²) >= 11 is 0. The van der Waals surface area contributed by atoms with Gasteiger partial charge in [0, 0.05) is 11.6 Å². The van der Waals surface area contributed by atoms with Crippen molar-refractivity contribution in [1.29, 1.82) is 0 Å². The SMILES string of the molecule is COC(=O)c1ccc(-c2cccc([N+](=O)[O-])c2C(F)(F)F)c(C)c1. The van der Waals surface area contributed by atoms with Crippen molar-refractivity contribution in [3.63, 3.8) is 0 Å². The number of carbonyl (C=O) groups is 1. The molecule has 0 aliphatic rings. The van der Waals surface area contributed by atoms with E-state index in [1.54, 1.807) is 0 Å². The molecule has 0 unspecified atom stereocenters. The third-order valence-electron chi connectivity index (χ3n) is 3.46. The predicted octanol–water partition coefficient (Wildman–Crippen LogP) is 4.38. The Labute approximate surface area is 134 Å². The summed E-state index contributed by atoms with van der Waals surface area (Å²) in [6.45, 7) is 1.51. The van der Waals surface area contributed by atoms with E-state index in [4.69, 9.17) is 0 Å². The quantitative estimate of drug-likeness (QED) is 0.473. The number of carbonyl (C=O) groups excluding carboxylic acids is 1. The minimum atomic E-state index is -4.90. The van der Waals surface area contributed by atoms with Crippen molar-refractivity contribution in [3.8, 4) is 11.1 Å². The molecule has 24 heavy (non-hydrogen) atoms. The first-order chi connectivity index (χ1) is 11.2. The number of hydrogen-bond donors (Lipinski definition) is 0. The number of hydrogen-bond acceptors (Lipinski definition) is 4. The van der Waals surface area contributed by atoms with Crippen LogP contribution >= 0.6 is 0 Å². The zero-order valence-electron chi connectivity index (χ0n) is 12.7. The highest BCUT2D eigenvalue weighted by atomic mass is 19.4. The summed E-state index contributed by atoms with van der Waals surface area (Å²) in [5.74, 6) is -0.625. The smallest absolute Gasteiger partial charge is 0.423 e. The molecule has 0 radical (unpaired) electrons. The lowest BCUT2D eigenvalue weighted by molar-refractivity contribution is -0.388. The van der Waals surface area contributed by atoms with Gasteiger partial charge in [-0.05, 0) is 30.2 Å². The molecule has 2 rings (SSSR count). The van der Waals surface area contributed by atoms with Gasteiger partial charge in [-0.25, -0.2) is 4.79 Å². The maximum Gasteiger partial charge on any atom is 0.423 e.